The average Bonchev–Trinajstić information content (AvgIpc) is 2.64. The summed E-state index contributed by atoms with van der Waals surface area (Å²) in [4.78, 5) is 13.6. The minimum atomic E-state index is 0.153. The van der Waals surface area contributed by atoms with Crippen LogP contribution in [0.1, 0.15) is 6.42 Å². The third-order valence-corrected chi connectivity index (χ3v) is 4.95. The molecule has 0 saturated carbocycles. The van der Waals surface area contributed by atoms with Crippen LogP contribution < -0.4 is 4.90 Å². The molecule has 5 heteroatoms. The lowest BCUT2D eigenvalue weighted by Gasteiger charge is -2.17. The molecule has 1 aliphatic rings. The molecule has 1 atom stereocenters. The Bertz CT molecular complexity index is 424. The van der Waals surface area contributed by atoms with Crippen LogP contribution in [0.2, 0.25) is 0 Å². The molecule has 0 radical (unpaired) electrons. The number of alkyl halides is 1. The van der Waals surface area contributed by atoms with Gasteiger partial charge in [-0.25, -0.2) is 0 Å². The third-order valence-electron chi connectivity index (χ3n) is 2.64. The second-order valence-electron chi connectivity index (χ2n) is 3.83. The van der Waals surface area contributed by atoms with E-state index in [1.165, 1.54) is 0 Å². The lowest BCUT2D eigenvalue weighted by molar-refractivity contribution is -0.117. The number of anilines is 1. The summed E-state index contributed by atoms with van der Waals surface area (Å²) in [7, 11) is 0. The van der Waals surface area contributed by atoms with Crippen LogP contribution in [0.3, 0.4) is 0 Å². The summed E-state index contributed by atoms with van der Waals surface area (Å²) in [5.74, 6) is 0.969. The zero-order chi connectivity index (χ0) is 11.7. The number of hydrogen-bond donors (Lipinski definition) is 0. The lowest BCUT2D eigenvalue weighted by Crippen LogP contribution is -2.24. The molecule has 1 unspecified atom stereocenters. The molecule has 0 spiro atoms. The Morgan fingerprint density at radius 2 is 2.12 bits per heavy atom. The van der Waals surface area contributed by atoms with Crippen molar-refractivity contribution in [3.63, 3.8) is 0 Å². The molecule has 1 aromatic rings. The Morgan fingerprint density at radius 1 is 1.38 bits per heavy atom. The number of rotatable bonds is 2. The fourth-order valence-electron chi connectivity index (χ4n) is 1.79. The number of benzene rings is 1. The summed E-state index contributed by atoms with van der Waals surface area (Å²) in [6, 6.07) is 5.81. The second kappa shape index (κ2) is 5.07. The highest BCUT2D eigenvalue weighted by molar-refractivity contribution is 9.13. The monoisotopic (exact) mass is 365 g/mol. The SMILES string of the molecule is O=C1CC(CCl)CN1c1ccc(Br)c(Br)c1. The van der Waals surface area contributed by atoms with Crippen molar-refractivity contribution in [1.29, 1.82) is 0 Å². The van der Waals surface area contributed by atoms with Crippen LogP contribution in [0.5, 0.6) is 0 Å². The van der Waals surface area contributed by atoms with E-state index >= 15 is 0 Å². The fraction of sp³-hybridized carbons (Fsp3) is 0.364. The molecule has 1 heterocycles. The minimum absolute atomic E-state index is 0.153. The fourth-order valence-corrected chi connectivity index (χ4v) is 2.61. The molecular weight excluding hydrogens is 357 g/mol. The van der Waals surface area contributed by atoms with E-state index in [1.54, 1.807) is 4.90 Å². The van der Waals surface area contributed by atoms with Crippen molar-refractivity contribution < 1.29 is 4.79 Å². The molecule has 2 nitrogen and oxygen atoms in total. The van der Waals surface area contributed by atoms with Gasteiger partial charge < -0.3 is 4.90 Å². The van der Waals surface area contributed by atoms with E-state index in [-0.39, 0.29) is 11.8 Å². The van der Waals surface area contributed by atoms with Crippen molar-refractivity contribution >= 4 is 55.1 Å². The smallest absolute Gasteiger partial charge is 0.227 e. The number of carbonyl (C=O) groups excluding carboxylic acids is 1. The van der Waals surface area contributed by atoms with Gasteiger partial charge in [-0.05, 0) is 56.0 Å². The van der Waals surface area contributed by atoms with Crippen LogP contribution in [0.4, 0.5) is 5.69 Å². The molecule has 86 valence electrons. The summed E-state index contributed by atoms with van der Waals surface area (Å²) < 4.78 is 1.93. The highest BCUT2D eigenvalue weighted by atomic mass is 79.9. The first-order chi connectivity index (χ1) is 7.61. The van der Waals surface area contributed by atoms with Crippen LogP contribution in [0.15, 0.2) is 27.1 Å². The van der Waals surface area contributed by atoms with E-state index in [0.29, 0.717) is 12.3 Å². The molecular formula is C11H10Br2ClNO. The molecule has 0 N–H and O–H groups in total. The summed E-state index contributed by atoms with van der Waals surface area (Å²) in [5, 5.41) is 0. The van der Waals surface area contributed by atoms with Gasteiger partial charge in [-0.15, -0.1) is 11.6 Å². The summed E-state index contributed by atoms with van der Waals surface area (Å²) in [6.07, 6.45) is 0.553. The summed E-state index contributed by atoms with van der Waals surface area (Å²) in [5.41, 5.74) is 0.924. The zero-order valence-corrected chi connectivity index (χ0v) is 12.3. The Kier molecular flexibility index (Phi) is 3.93. The van der Waals surface area contributed by atoms with Crippen molar-refractivity contribution in [3.8, 4) is 0 Å². The van der Waals surface area contributed by atoms with Crippen LogP contribution in [0, 0.1) is 5.92 Å². The first-order valence-electron chi connectivity index (χ1n) is 4.93. The summed E-state index contributed by atoms with van der Waals surface area (Å²) in [6.45, 7) is 0.719. The van der Waals surface area contributed by atoms with Crippen LogP contribution in [-0.2, 0) is 4.79 Å². The Labute approximate surface area is 116 Å². The lowest BCUT2D eigenvalue weighted by atomic mass is 10.1. The predicted octanol–water partition coefficient (Wildman–Crippen LogP) is 3.80. The molecule has 1 aromatic carbocycles. The number of nitrogens with zero attached hydrogens (tertiary/aromatic N) is 1. The molecule has 0 aromatic heterocycles. The number of halogens is 3. The molecule has 1 amide bonds. The molecule has 0 bridgehead atoms. The largest absolute Gasteiger partial charge is 0.312 e. The Hall–Kier alpha value is -0.0600. The Balaban J connectivity index is 2.24. The van der Waals surface area contributed by atoms with Crippen LogP contribution >= 0.6 is 43.5 Å². The maximum atomic E-state index is 11.8. The average molecular weight is 367 g/mol. The van der Waals surface area contributed by atoms with Gasteiger partial charge in [-0.3, -0.25) is 4.79 Å². The van der Waals surface area contributed by atoms with Gasteiger partial charge in [0.1, 0.15) is 0 Å². The van der Waals surface area contributed by atoms with E-state index < -0.39 is 0 Å². The highest BCUT2D eigenvalue weighted by Crippen LogP contribution is 2.31. The molecule has 16 heavy (non-hydrogen) atoms. The van der Waals surface area contributed by atoms with Crippen molar-refractivity contribution in [2.24, 2.45) is 5.92 Å². The summed E-state index contributed by atoms with van der Waals surface area (Å²) >= 11 is 12.6. The van der Waals surface area contributed by atoms with Crippen LogP contribution in [0.25, 0.3) is 0 Å². The van der Waals surface area contributed by atoms with E-state index in [1.807, 2.05) is 18.2 Å². The molecule has 1 aliphatic heterocycles. The van der Waals surface area contributed by atoms with Crippen LogP contribution in [-0.4, -0.2) is 18.3 Å². The normalized spacial score (nSPS) is 20.6. The molecule has 2 rings (SSSR count). The van der Waals surface area contributed by atoms with Gasteiger partial charge in [0.2, 0.25) is 5.91 Å². The first-order valence-corrected chi connectivity index (χ1v) is 7.05. The Morgan fingerprint density at radius 3 is 2.69 bits per heavy atom. The number of hydrogen-bond acceptors (Lipinski definition) is 1. The van der Waals surface area contributed by atoms with Gasteiger partial charge in [-0.2, -0.15) is 0 Å². The van der Waals surface area contributed by atoms with Gasteiger partial charge in [0.05, 0.1) is 0 Å². The standard InChI is InChI=1S/C11H10Br2ClNO/c12-9-2-1-8(4-10(9)13)15-6-7(5-14)3-11(15)16/h1-2,4,7H,3,5-6H2. The van der Waals surface area contributed by atoms with E-state index in [0.717, 1.165) is 21.2 Å². The number of amides is 1. The van der Waals surface area contributed by atoms with Gasteiger partial charge >= 0.3 is 0 Å². The molecule has 1 fully saturated rings. The first kappa shape index (κ1) is 12.4. The second-order valence-corrected chi connectivity index (χ2v) is 5.84. The van der Waals surface area contributed by atoms with E-state index in [9.17, 15) is 4.79 Å². The maximum absolute atomic E-state index is 11.8. The topological polar surface area (TPSA) is 20.3 Å². The third kappa shape index (κ3) is 2.44. The minimum Gasteiger partial charge on any atom is -0.312 e. The predicted molar refractivity (Wildman–Crippen MR) is 73.0 cm³/mol. The van der Waals surface area contributed by atoms with Crippen molar-refractivity contribution in [3.05, 3.63) is 27.1 Å². The quantitative estimate of drug-likeness (QED) is 0.728. The maximum Gasteiger partial charge on any atom is 0.227 e. The molecule has 1 saturated heterocycles. The van der Waals surface area contributed by atoms with Gasteiger partial charge in [0.25, 0.3) is 0 Å². The van der Waals surface area contributed by atoms with Crippen molar-refractivity contribution in [1.82, 2.24) is 0 Å². The zero-order valence-electron chi connectivity index (χ0n) is 8.42. The van der Waals surface area contributed by atoms with Crippen molar-refractivity contribution in [2.75, 3.05) is 17.3 Å². The highest BCUT2D eigenvalue weighted by Gasteiger charge is 2.29. The molecule has 0 aliphatic carbocycles. The van der Waals surface area contributed by atoms with Gasteiger partial charge in [0.15, 0.2) is 0 Å². The van der Waals surface area contributed by atoms with E-state index in [4.69, 9.17) is 11.6 Å². The van der Waals surface area contributed by atoms with Crippen molar-refractivity contribution in [2.45, 2.75) is 6.42 Å². The van der Waals surface area contributed by atoms with E-state index in [2.05, 4.69) is 31.9 Å². The van der Waals surface area contributed by atoms with Gasteiger partial charge in [-0.1, -0.05) is 0 Å². The van der Waals surface area contributed by atoms with Gasteiger partial charge in [0, 0.05) is 33.5 Å². The number of carbonyl (C=O) groups is 1.